The van der Waals surface area contributed by atoms with Gasteiger partial charge in [0, 0.05) is 47.9 Å². The zero-order valence-corrected chi connectivity index (χ0v) is 19.7. The van der Waals surface area contributed by atoms with Crippen LogP contribution in [-0.4, -0.2) is 33.1 Å². The second-order valence-corrected chi connectivity index (χ2v) is 9.71. The van der Waals surface area contributed by atoms with Crippen LogP contribution in [0.2, 0.25) is 0 Å². The number of carbonyl (C=O) groups is 1. The number of amides is 1. The van der Waals surface area contributed by atoms with Gasteiger partial charge in [0.25, 0.3) is 0 Å². The molecule has 0 unspecified atom stereocenters. The molecule has 2 aromatic rings. The molecular weight excluding hydrogens is 392 g/mol. The fourth-order valence-electron chi connectivity index (χ4n) is 3.64. The Kier molecular flexibility index (Phi) is 7.78. The molecule has 3 rings (SSSR count). The van der Waals surface area contributed by atoms with Gasteiger partial charge >= 0.3 is 0 Å². The van der Waals surface area contributed by atoms with Crippen molar-refractivity contribution in [2.24, 2.45) is 5.92 Å². The van der Waals surface area contributed by atoms with Crippen molar-refractivity contribution >= 4 is 23.9 Å². The Morgan fingerprint density at radius 3 is 2.50 bits per heavy atom. The summed E-state index contributed by atoms with van der Waals surface area (Å²) in [5, 5.41) is 7.67. The summed E-state index contributed by atoms with van der Waals surface area (Å²) in [6.07, 6.45) is 4.54. The number of nitrogens with zero attached hydrogens (tertiary/aromatic N) is 3. The van der Waals surface area contributed by atoms with Gasteiger partial charge in [0.05, 0.1) is 5.69 Å². The largest absolute Gasteiger partial charge is 0.348 e. The lowest BCUT2D eigenvalue weighted by Crippen LogP contribution is -2.23. The van der Waals surface area contributed by atoms with E-state index in [2.05, 4.69) is 59.8 Å². The summed E-state index contributed by atoms with van der Waals surface area (Å²) >= 11 is 1.83. The molecule has 1 saturated heterocycles. The first-order valence-electron chi connectivity index (χ1n) is 10.9. The summed E-state index contributed by atoms with van der Waals surface area (Å²) in [4.78, 5) is 13.9. The summed E-state index contributed by atoms with van der Waals surface area (Å²) in [6.45, 7) is 14.1. The van der Waals surface area contributed by atoms with Gasteiger partial charge in [0.15, 0.2) is 0 Å². The number of carbonyl (C=O) groups excluding carboxylic acids is 1. The first-order chi connectivity index (χ1) is 14.3. The van der Waals surface area contributed by atoms with E-state index in [0.29, 0.717) is 18.0 Å². The maximum Gasteiger partial charge on any atom is 0.247 e. The van der Waals surface area contributed by atoms with Crippen LogP contribution >= 0.6 is 11.9 Å². The molecule has 162 valence electrons. The fourth-order valence-corrected chi connectivity index (χ4v) is 4.64. The lowest BCUT2D eigenvalue weighted by atomic mass is 10.1. The SMILES string of the molecule is C/C(=C\c1c(C)nn(CC(C)C)c1C)C(=O)NCc1ccc(SN2CCCC2)cc1. The van der Waals surface area contributed by atoms with E-state index >= 15 is 0 Å². The number of hydrogen-bond donors (Lipinski definition) is 1. The van der Waals surface area contributed by atoms with E-state index in [1.165, 1.54) is 30.8 Å². The number of nitrogens with one attached hydrogen (secondary N) is 1. The highest BCUT2D eigenvalue weighted by Gasteiger charge is 2.14. The van der Waals surface area contributed by atoms with Crippen LogP contribution in [-0.2, 0) is 17.9 Å². The van der Waals surface area contributed by atoms with Crippen LogP contribution in [0.4, 0.5) is 0 Å². The number of rotatable bonds is 8. The molecule has 0 bridgehead atoms. The highest BCUT2D eigenvalue weighted by Crippen LogP contribution is 2.26. The van der Waals surface area contributed by atoms with Crippen LogP contribution in [0.3, 0.4) is 0 Å². The van der Waals surface area contributed by atoms with E-state index in [0.717, 1.165) is 29.1 Å². The highest BCUT2D eigenvalue weighted by atomic mass is 32.2. The van der Waals surface area contributed by atoms with Gasteiger partial charge < -0.3 is 5.32 Å². The summed E-state index contributed by atoms with van der Waals surface area (Å²) < 4.78 is 4.46. The molecule has 30 heavy (non-hydrogen) atoms. The molecule has 0 saturated carbocycles. The molecule has 1 aliphatic heterocycles. The molecule has 0 spiro atoms. The highest BCUT2D eigenvalue weighted by molar-refractivity contribution is 7.97. The third-order valence-electron chi connectivity index (χ3n) is 5.37. The van der Waals surface area contributed by atoms with E-state index in [1.807, 2.05) is 36.6 Å². The van der Waals surface area contributed by atoms with E-state index in [-0.39, 0.29) is 5.91 Å². The summed E-state index contributed by atoms with van der Waals surface area (Å²) in [5.74, 6) is 0.491. The normalized spacial score (nSPS) is 15.2. The minimum absolute atomic E-state index is 0.0408. The Bertz CT molecular complexity index is 893. The van der Waals surface area contributed by atoms with Crippen molar-refractivity contribution in [2.45, 2.75) is 65.4 Å². The van der Waals surface area contributed by atoms with Gasteiger partial charge in [-0.05, 0) is 75.3 Å². The van der Waals surface area contributed by atoms with Crippen LogP contribution in [0, 0.1) is 19.8 Å². The van der Waals surface area contributed by atoms with Crippen molar-refractivity contribution in [2.75, 3.05) is 13.1 Å². The van der Waals surface area contributed by atoms with Crippen molar-refractivity contribution in [3.05, 3.63) is 52.4 Å². The maximum atomic E-state index is 12.6. The quantitative estimate of drug-likeness (QED) is 0.478. The first kappa shape index (κ1) is 22.6. The van der Waals surface area contributed by atoms with Gasteiger partial charge in [-0.2, -0.15) is 5.10 Å². The van der Waals surface area contributed by atoms with Crippen molar-refractivity contribution < 1.29 is 4.79 Å². The second kappa shape index (κ2) is 10.3. The molecule has 1 aliphatic rings. The minimum atomic E-state index is -0.0408. The lowest BCUT2D eigenvalue weighted by molar-refractivity contribution is -0.117. The van der Waals surface area contributed by atoms with Gasteiger partial charge in [0.2, 0.25) is 5.91 Å². The number of aromatic nitrogens is 2. The number of aryl methyl sites for hydroxylation is 1. The van der Waals surface area contributed by atoms with Crippen molar-refractivity contribution in [1.82, 2.24) is 19.4 Å². The average molecular weight is 427 g/mol. The molecule has 0 radical (unpaired) electrons. The smallest absolute Gasteiger partial charge is 0.247 e. The van der Waals surface area contributed by atoms with Gasteiger partial charge in [0.1, 0.15) is 0 Å². The summed E-state index contributed by atoms with van der Waals surface area (Å²) in [7, 11) is 0. The molecular formula is C24H34N4OS. The maximum absolute atomic E-state index is 12.6. The van der Waals surface area contributed by atoms with Crippen molar-refractivity contribution in [3.8, 4) is 0 Å². The molecule has 1 fully saturated rings. The molecule has 2 heterocycles. The third kappa shape index (κ3) is 5.99. The Morgan fingerprint density at radius 1 is 1.20 bits per heavy atom. The zero-order chi connectivity index (χ0) is 21.7. The summed E-state index contributed by atoms with van der Waals surface area (Å²) in [6, 6.07) is 8.48. The zero-order valence-electron chi connectivity index (χ0n) is 18.9. The monoisotopic (exact) mass is 426 g/mol. The van der Waals surface area contributed by atoms with Crippen molar-refractivity contribution in [3.63, 3.8) is 0 Å². The topological polar surface area (TPSA) is 50.2 Å². The minimum Gasteiger partial charge on any atom is -0.348 e. The van der Waals surface area contributed by atoms with Crippen LogP contribution < -0.4 is 5.32 Å². The molecule has 0 aliphatic carbocycles. The van der Waals surface area contributed by atoms with E-state index < -0.39 is 0 Å². The van der Waals surface area contributed by atoms with Crippen molar-refractivity contribution in [1.29, 1.82) is 0 Å². The number of hydrogen-bond acceptors (Lipinski definition) is 4. The van der Waals surface area contributed by atoms with E-state index in [1.54, 1.807) is 0 Å². The molecule has 1 aromatic heterocycles. The van der Waals surface area contributed by atoms with Crippen LogP contribution in [0.25, 0.3) is 6.08 Å². The predicted octanol–water partition coefficient (Wildman–Crippen LogP) is 4.98. The molecule has 6 heteroatoms. The second-order valence-electron chi connectivity index (χ2n) is 8.54. The molecule has 5 nitrogen and oxygen atoms in total. The first-order valence-corrected chi connectivity index (χ1v) is 11.6. The molecule has 1 N–H and O–H groups in total. The standard InChI is InChI=1S/C24H34N4OS/c1-17(2)16-28-20(5)23(19(4)26-28)14-18(3)24(29)25-15-21-8-10-22(11-9-21)30-27-12-6-7-13-27/h8-11,14,17H,6-7,12-13,15-16H2,1-5H3,(H,25,29)/b18-14+. The van der Waals surface area contributed by atoms with E-state index in [4.69, 9.17) is 0 Å². The molecule has 0 atom stereocenters. The van der Waals surface area contributed by atoms with Gasteiger partial charge in [-0.1, -0.05) is 26.0 Å². The molecule has 1 aromatic carbocycles. The molecule has 1 amide bonds. The van der Waals surface area contributed by atoms with Crippen LogP contribution in [0.5, 0.6) is 0 Å². The Hall–Kier alpha value is -2.05. The Morgan fingerprint density at radius 2 is 1.87 bits per heavy atom. The fraction of sp³-hybridized carbons (Fsp3) is 0.500. The van der Waals surface area contributed by atoms with E-state index in [9.17, 15) is 4.79 Å². The van der Waals surface area contributed by atoms with Gasteiger partial charge in [-0.3, -0.25) is 9.48 Å². The average Bonchev–Trinajstić information content (AvgIpc) is 3.30. The summed E-state index contributed by atoms with van der Waals surface area (Å²) in [5.41, 5.74) is 4.93. The van der Waals surface area contributed by atoms with Crippen LogP contribution in [0.1, 0.15) is 56.1 Å². The predicted molar refractivity (Wildman–Crippen MR) is 125 cm³/mol. The Labute approximate surface area is 185 Å². The Balaban J connectivity index is 1.57. The number of benzene rings is 1. The van der Waals surface area contributed by atoms with Gasteiger partial charge in [-0.15, -0.1) is 0 Å². The van der Waals surface area contributed by atoms with Gasteiger partial charge in [-0.25, -0.2) is 4.31 Å². The van der Waals surface area contributed by atoms with Crippen LogP contribution in [0.15, 0.2) is 34.7 Å². The lowest BCUT2D eigenvalue weighted by Gasteiger charge is -2.13. The third-order valence-corrected chi connectivity index (χ3v) is 6.48.